The Hall–Kier alpha value is -3.23. The van der Waals surface area contributed by atoms with Crippen LogP contribution in [-0.4, -0.2) is 30.4 Å². The van der Waals surface area contributed by atoms with E-state index < -0.39 is 29.7 Å². The van der Waals surface area contributed by atoms with E-state index in [2.05, 4.69) is 22.0 Å². The Labute approximate surface area is 174 Å². The van der Waals surface area contributed by atoms with Crippen molar-refractivity contribution >= 4 is 11.8 Å². The van der Waals surface area contributed by atoms with Gasteiger partial charge >= 0.3 is 0 Å². The van der Waals surface area contributed by atoms with Crippen molar-refractivity contribution in [1.82, 2.24) is 16.0 Å². The molecule has 3 rings (SSSR count). The van der Waals surface area contributed by atoms with Crippen molar-refractivity contribution in [3.05, 3.63) is 46.3 Å². The molecule has 0 aliphatic carbocycles. The van der Waals surface area contributed by atoms with Gasteiger partial charge in [-0.25, -0.2) is 4.39 Å². The number of nitriles is 2. The summed E-state index contributed by atoms with van der Waals surface area (Å²) in [5, 5.41) is 27.2. The highest BCUT2D eigenvalue weighted by molar-refractivity contribution is 6.01. The molecule has 1 saturated heterocycles. The van der Waals surface area contributed by atoms with Gasteiger partial charge in [-0.2, -0.15) is 10.5 Å². The molecule has 5 atom stereocenters. The molecule has 0 saturated carbocycles. The maximum absolute atomic E-state index is 14.3. The van der Waals surface area contributed by atoms with Crippen LogP contribution in [-0.2, 0) is 9.59 Å². The lowest BCUT2D eigenvalue weighted by atomic mass is 9.74. The van der Waals surface area contributed by atoms with Gasteiger partial charge in [-0.1, -0.05) is 11.6 Å². The van der Waals surface area contributed by atoms with Gasteiger partial charge in [0.2, 0.25) is 11.8 Å². The molecular weight excluding hydrogens is 385 g/mol. The van der Waals surface area contributed by atoms with Crippen molar-refractivity contribution in [3.63, 3.8) is 0 Å². The second-order valence-electron chi connectivity index (χ2n) is 7.85. The van der Waals surface area contributed by atoms with Gasteiger partial charge in [-0.3, -0.25) is 9.59 Å². The third-order valence-corrected chi connectivity index (χ3v) is 6.02. The Bertz CT molecular complexity index is 990. The minimum Gasteiger partial charge on any atom is -0.349 e. The molecule has 30 heavy (non-hydrogen) atoms. The molecule has 7 nitrogen and oxygen atoms in total. The summed E-state index contributed by atoms with van der Waals surface area (Å²) >= 11 is 0. The van der Waals surface area contributed by atoms with Crippen LogP contribution in [0.2, 0.25) is 0 Å². The zero-order valence-electron chi connectivity index (χ0n) is 17.1. The van der Waals surface area contributed by atoms with E-state index in [0.29, 0.717) is 12.1 Å². The summed E-state index contributed by atoms with van der Waals surface area (Å²) < 4.78 is 14.3. The standard InChI is InChI=1S/C22H24FN5O2/c1-11-19(22(30)28-17-6-7-26-18(10-25)20(11)17)12(2)21(29)27-13(3)15-5-4-14(9-24)8-16(15)23/h4-5,8,12-13,17-18,20,26H,6-7H2,1-3H3,(H,27,29)(H,28,30)/t12-,13-,17?,18?,20?/m0/s1. The molecule has 1 aromatic rings. The van der Waals surface area contributed by atoms with Gasteiger partial charge in [0.1, 0.15) is 11.9 Å². The van der Waals surface area contributed by atoms with Gasteiger partial charge < -0.3 is 16.0 Å². The van der Waals surface area contributed by atoms with E-state index in [1.807, 2.05) is 6.07 Å². The molecule has 2 aliphatic rings. The lowest BCUT2D eigenvalue weighted by Gasteiger charge is -2.41. The number of hydrogen-bond acceptors (Lipinski definition) is 5. The van der Waals surface area contributed by atoms with Gasteiger partial charge in [-0.15, -0.1) is 0 Å². The van der Waals surface area contributed by atoms with Crippen LogP contribution < -0.4 is 16.0 Å². The van der Waals surface area contributed by atoms with Gasteiger partial charge in [0.25, 0.3) is 0 Å². The molecular formula is C22H24FN5O2. The maximum Gasteiger partial charge on any atom is 0.248 e. The first-order valence-electron chi connectivity index (χ1n) is 9.93. The molecule has 1 aromatic carbocycles. The van der Waals surface area contributed by atoms with E-state index in [1.54, 1.807) is 20.8 Å². The molecule has 0 aromatic heterocycles. The predicted molar refractivity (Wildman–Crippen MR) is 107 cm³/mol. The first-order chi connectivity index (χ1) is 14.3. The van der Waals surface area contributed by atoms with E-state index in [9.17, 15) is 19.2 Å². The molecule has 1 fully saturated rings. The predicted octanol–water partition coefficient (Wildman–Crippen LogP) is 1.83. The SMILES string of the molecule is CC1=C([C@H](C)C(=O)N[C@@H](C)c2ccc(C#N)cc2F)C(=O)NC2CCNC(C#N)C12. The first kappa shape index (κ1) is 21.5. The molecule has 0 spiro atoms. The highest BCUT2D eigenvalue weighted by Crippen LogP contribution is 2.34. The lowest BCUT2D eigenvalue weighted by molar-refractivity contribution is -0.127. The Kier molecular flexibility index (Phi) is 6.19. The summed E-state index contributed by atoms with van der Waals surface area (Å²) in [5.74, 6) is -2.25. The summed E-state index contributed by atoms with van der Waals surface area (Å²) in [6.45, 7) is 5.72. The second kappa shape index (κ2) is 8.64. The maximum atomic E-state index is 14.3. The number of halogens is 1. The number of nitrogens with zero attached hydrogens (tertiary/aromatic N) is 2. The van der Waals surface area contributed by atoms with Crippen molar-refractivity contribution in [2.24, 2.45) is 11.8 Å². The third-order valence-electron chi connectivity index (χ3n) is 6.02. The van der Waals surface area contributed by atoms with Crippen LogP contribution in [0.3, 0.4) is 0 Å². The van der Waals surface area contributed by atoms with E-state index in [4.69, 9.17) is 5.26 Å². The Morgan fingerprint density at radius 2 is 2.07 bits per heavy atom. The van der Waals surface area contributed by atoms with E-state index in [0.717, 1.165) is 18.1 Å². The van der Waals surface area contributed by atoms with Crippen LogP contribution in [0.25, 0.3) is 0 Å². The zero-order valence-corrected chi connectivity index (χ0v) is 17.1. The highest BCUT2D eigenvalue weighted by Gasteiger charge is 2.42. The van der Waals surface area contributed by atoms with Crippen molar-refractivity contribution in [2.45, 2.75) is 45.3 Å². The van der Waals surface area contributed by atoms with E-state index >= 15 is 0 Å². The van der Waals surface area contributed by atoms with Crippen LogP contribution in [0.5, 0.6) is 0 Å². The first-order valence-corrected chi connectivity index (χ1v) is 9.93. The average molecular weight is 409 g/mol. The number of benzene rings is 1. The molecule has 3 N–H and O–H groups in total. The van der Waals surface area contributed by atoms with Crippen molar-refractivity contribution < 1.29 is 14.0 Å². The molecule has 2 amide bonds. The number of carbonyl (C=O) groups is 2. The van der Waals surface area contributed by atoms with Crippen LogP contribution in [0.4, 0.5) is 4.39 Å². The molecule has 3 unspecified atom stereocenters. The summed E-state index contributed by atoms with van der Waals surface area (Å²) in [4.78, 5) is 25.6. The van der Waals surface area contributed by atoms with Crippen LogP contribution >= 0.6 is 0 Å². The lowest BCUT2D eigenvalue weighted by Crippen LogP contribution is -2.58. The zero-order chi connectivity index (χ0) is 22.0. The van der Waals surface area contributed by atoms with Gasteiger partial charge in [0.05, 0.1) is 29.7 Å². The quantitative estimate of drug-likeness (QED) is 0.701. The van der Waals surface area contributed by atoms with E-state index in [1.165, 1.54) is 12.1 Å². The summed E-state index contributed by atoms with van der Waals surface area (Å²) in [6, 6.07) is 7.00. The monoisotopic (exact) mass is 409 g/mol. The number of carbonyl (C=O) groups excluding carboxylic acids is 2. The Morgan fingerprint density at radius 3 is 2.70 bits per heavy atom. The highest BCUT2D eigenvalue weighted by atomic mass is 19.1. The molecule has 0 bridgehead atoms. The van der Waals surface area contributed by atoms with Crippen LogP contribution in [0, 0.1) is 40.3 Å². The number of amides is 2. The normalized spacial score (nSPS) is 25.3. The smallest absolute Gasteiger partial charge is 0.248 e. The number of nitrogens with one attached hydrogen (secondary N) is 3. The summed E-state index contributed by atoms with van der Waals surface area (Å²) in [5.41, 5.74) is 1.55. The van der Waals surface area contributed by atoms with Crippen molar-refractivity contribution in [1.29, 1.82) is 10.5 Å². The van der Waals surface area contributed by atoms with Crippen molar-refractivity contribution in [2.75, 3.05) is 6.54 Å². The molecule has 2 aliphatic heterocycles. The minimum atomic E-state index is -0.767. The fraction of sp³-hybridized carbons (Fsp3) is 0.455. The molecule has 0 radical (unpaired) electrons. The topological polar surface area (TPSA) is 118 Å². The number of fused-ring (bicyclic) bond motifs is 1. The molecule has 8 heteroatoms. The fourth-order valence-corrected chi connectivity index (χ4v) is 4.41. The second-order valence-corrected chi connectivity index (χ2v) is 7.85. The van der Waals surface area contributed by atoms with Gasteiger partial charge in [0.15, 0.2) is 0 Å². The van der Waals surface area contributed by atoms with Crippen LogP contribution in [0.15, 0.2) is 29.3 Å². The Morgan fingerprint density at radius 1 is 1.33 bits per heavy atom. The third kappa shape index (κ3) is 3.92. The van der Waals surface area contributed by atoms with E-state index in [-0.39, 0.29) is 29.0 Å². The summed E-state index contributed by atoms with van der Waals surface area (Å²) in [6.07, 6.45) is 0.717. The number of piperidine rings is 1. The Balaban J connectivity index is 1.82. The summed E-state index contributed by atoms with van der Waals surface area (Å²) in [7, 11) is 0. The van der Waals surface area contributed by atoms with Gasteiger partial charge in [-0.05, 0) is 45.9 Å². The minimum absolute atomic E-state index is 0.130. The van der Waals surface area contributed by atoms with Crippen molar-refractivity contribution in [3.8, 4) is 12.1 Å². The van der Waals surface area contributed by atoms with Crippen LogP contribution in [0.1, 0.15) is 44.4 Å². The number of rotatable bonds is 4. The number of hydrogen-bond donors (Lipinski definition) is 3. The molecule has 156 valence electrons. The molecule has 2 heterocycles. The average Bonchev–Trinajstić information content (AvgIpc) is 2.72. The van der Waals surface area contributed by atoms with Gasteiger partial charge in [0, 0.05) is 23.1 Å². The fourth-order valence-electron chi connectivity index (χ4n) is 4.41. The largest absolute Gasteiger partial charge is 0.349 e.